The minimum absolute atomic E-state index is 0.246. The fraction of sp³-hybridized carbons (Fsp3) is 0.556. The molecular formula is C9H12BrN3O. The van der Waals surface area contributed by atoms with E-state index in [1.54, 1.807) is 6.20 Å². The number of alkyl halides is 1. The minimum Gasteiger partial charge on any atom is -0.338 e. The number of hydrogen-bond acceptors (Lipinski definition) is 2. The Kier molecular flexibility index (Phi) is 2.86. The lowest BCUT2D eigenvalue weighted by molar-refractivity contribution is -0.128. The van der Waals surface area contributed by atoms with E-state index in [-0.39, 0.29) is 5.91 Å². The highest BCUT2D eigenvalue weighted by atomic mass is 79.9. The molecule has 0 saturated carbocycles. The van der Waals surface area contributed by atoms with Gasteiger partial charge < -0.3 is 4.90 Å². The van der Waals surface area contributed by atoms with Gasteiger partial charge in [0.15, 0.2) is 0 Å². The molecule has 0 aromatic carbocycles. The van der Waals surface area contributed by atoms with Crippen LogP contribution >= 0.6 is 15.9 Å². The van der Waals surface area contributed by atoms with E-state index in [4.69, 9.17) is 0 Å². The van der Waals surface area contributed by atoms with Gasteiger partial charge in [0.05, 0.1) is 6.20 Å². The van der Waals surface area contributed by atoms with Crippen LogP contribution in [0.3, 0.4) is 0 Å². The first-order chi connectivity index (χ1) is 6.79. The summed E-state index contributed by atoms with van der Waals surface area (Å²) in [5, 5.41) is 7.51. The number of nitrogens with zero attached hydrogens (tertiary/aromatic N) is 2. The molecule has 1 aliphatic heterocycles. The monoisotopic (exact) mass is 257 g/mol. The Hall–Kier alpha value is -0.840. The number of hydrogen-bond donors (Lipinski definition) is 1. The first-order valence-electron chi connectivity index (χ1n) is 4.61. The van der Waals surface area contributed by atoms with Gasteiger partial charge in [-0.05, 0) is 5.92 Å². The van der Waals surface area contributed by atoms with Gasteiger partial charge in [-0.25, -0.2) is 0 Å². The number of likely N-dealkylation sites (tertiary alicyclic amines) is 1. The van der Waals surface area contributed by atoms with E-state index in [9.17, 15) is 4.79 Å². The third kappa shape index (κ3) is 1.97. The summed E-state index contributed by atoms with van der Waals surface area (Å²) in [6, 6.07) is 0. The average molecular weight is 258 g/mol. The first-order valence-corrected chi connectivity index (χ1v) is 5.73. The zero-order chi connectivity index (χ0) is 9.97. The summed E-state index contributed by atoms with van der Waals surface area (Å²) in [6.07, 6.45) is 4.26. The van der Waals surface area contributed by atoms with Crippen LogP contribution < -0.4 is 0 Å². The molecule has 14 heavy (non-hydrogen) atoms. The lowest BCUT2D eigenvalue weighted by Gasteiger charge is -2.14. The van der Waals surface area contributed by atoms with Crippen molar-refractivity contribution in [3.05, 3.63) is 18.0 Å². The fourth-order valence-corrected chi connectivity index (χ4v) is 2.13. The van der Waals surface area contributed by atoms with Crippen molar-refractivity contribution >= 4 is 21.8 Å². The van der Waals surface area contributed by atoms with E-state index >= 15 is 0 Å². The number of H-pyrrole nitrogens is 1. The molecule has 2 rings (SSSR count). The van der Waals surface area contributed by atoms with Crippen molar-refractivity contribution in [3.8, 4) is 0 Å². The second-order valence-corrected chi connectivity index (χ2v) is 4.25. The molecular weight excluding hydrogens is 246 g/mol. The number of carbonyl (C=O) groups excluding carboxylic acids is 1. The Bertz CT molecular complexity index is 312. The molecule has 1 N–H and O–H groups in total. The predicted molar refractivity (Wildman–Crippen MR) is 55.9 cm³/mol. The Balaban J connectivity index is 1.96. The Morgan fingerprint density at radius 1 is 1.71 bits per heavy atom. The number of rotatable bonds is 3. The highest BCUT2D eigenvalue weighted by Crippen LogP contribution is 2.21. The maximum absolute atomic E-state index is 11.5. The largest absolute Gasteiger partial charge is 0.338 e. The van der Waals surface area contributed by atoms with Crippen LogP contribution in [0.4, 0.5) is 0 Å². The molecule has 1 aromatic rings. The number of amides is 1. The smallest absolute Gasteiger partial charge is 0.223 e. The van der Waals surface area contributed by atoms with Crippen LogP contribution in [0.5, 0.6) is 0 Å². The van der Waals surface area contributed by atoms with Crippen LogP contribution in [0, 0.1) is 5.92 Å². The molecule has 1 aliphatic rings. The third-order valence-corrected chi connectivity index (χ3v) is 3.36. The topological polar surface area (TPSA) is 49.0 Å². The van der Waals surface area contributed by atoms with Crippen molar-refractivity contribution in [2.24, 2.45) is 5.92 Å². The number of aromatic nitrogens is 2. The van der Waals surface area contributed by atoms with Gasteiger partial charge >= 0.3 is 0 Å². The molecule has 1 saturated heterocycles. The van der Waals surface area contributed by atoms with Crippen LogP contribution in [0.1, 0.15) is 12.0 Å². The lowest BCUT2D eigenvalue weighted by Crippen LogP contribution is -2.24. The maximum atomic E-state index is 11.5. The molecule has 4 nitrogen and oxygen atoms in total. The highest BCUT2D eigenvalue weighted by molar-refractivity contribution is 9.09. The van der Waals surface area contributed by atoms with Gasteiger partial charge in [0, 0.05) is 36.6 Å². The zero-order valence-corrected chi connectivity index (χ0v) is 9.33. The molecule has 5 heteroatoms. The Labute approximate surface area is 90.8 Å². The van der Waals surface area contributed by atoms with Gasteiger partial charge in [-0.2, -0.15) is 5.10 Å². The molecule has 1 fully saturated rings. The molecule has 2 heterocycles. The van der Waals surface area contributed by atoms with Crippen molar-refractivity contribution in [1.29, 1.82) is 0 Å². The van der Waals surface area contributed by atoms with E-state index < -0.39 is 0 Å². The summed E-state index contributed by atoms with van der Waals surface area (Å²) in [4.78, 5) is 13.4. The van der Waals surface area contributed by atoms with Crippen molar-refractivity contribution in [3.63, 3.8) is 0 Å². The maximum Gasteiger partial charge on any atom is 0.223 e. The van der Waals surface area contributed by atoms with Crippen molar-refractivity contribution in [1.82, 2.24) is 15.1 Å². The van der Waals surface area contributed by atoms with Gasteiger partial charge in [-0.1, -0.05) is 15.9 Å². The van der Waals surface area contributed by atoms with Crippen LogP contribution in [0.25, 0.3) is 0 Å². The van der Waals surface area contributed by atoms with E-state index in [0.29, 0.717) is 18.9 Å². The van der Waals surface area contributed by atoms with Crippen molar-refractivity contribution in [2.75, 3.05) is 11.9 Å². The fourth-order valence-electron chi connectivity index (χ4n) is 1.69. The minimum atomic E-state index is 0.246. The standard InChI is InChI=1S/C9H12BrN3O/c10-2-7-1-9(14)13(5-7)6-8-3-11-12-4-8/h3-4,7H,1-2,5-6H2,(H,11,12). The molecule has 0 radical (unpaired) electrons. The Morgan fingerprint density at radius 3 is 3.14 bits per heavy atom. The number of carbonyl (C=O) groups is 1. The van der Waals surface area contributed by atoms with Gasteiger partial charge in [-0.15, -0.1) is 0 Å². The van der Waals surface area contributed by atoms with Gasteiger partial charge in [0.2, 0.25) is 5.91 Å². The molecule has 76 valence electrons. The quantitative estimate of drug-likeness (QED) is 0.827. The molecule has 1 amide bonds. The van der Waals surface area contributed by atoms with Gasteiger partial charge in [-0.3, -0.25) is 9.89 Å². The SMILES string of the molecule is O=C1CC(CBr)CN1Cc1cn[nH]c1. The van der Waals surface area contributed by atoms with Crippen LogP contribution in [-0.2, 0) is 11.3 Å². The Morgan fingerprint density at radius 2 is 2.57 bits per heavy atom. The molecule has 0 bridgehead atoms. The van der Waals surface area contributed by atoms with E-state index in [1.807, 2.05) is 11.1 Å². The molecule has 0 spiro atoms. The first kappa shape index (κ1) is 9.71. The molecule has 1 atom stereocenters. The second-order valence-electron chi connectivity index (χ2n) is 3.61. The number of nitrogens with one attached hydrogen (secondary N) is 1. The summed E-state index contributed by atoms with van der Waals surface area (Å²) in [5.74, 6) is 0.713. The summed E-state index contributed by atoms with van der Waals surface area (Å²) >= 11 is 3.41. The summed E-state index contributed by atoms with van der Waals surface area (Å²) < 4.78 is 0. The summed E-state index contributed by atoms with van der Waals surface area (Å²) in [7, 11) is 0. The summed E-state index contributed by atoms with van der Waals surface area (Å²) in [6.45, 7) is 1.54. The van der Waals surface area contributed by atoms with Gasteiger partial charge in [0.1, 0.15) is 0 Å². The van der Waals surface area contributed by atoms with Gasteiger partial charge in [0.25, 0.3) is 0 Å². The van der Waals surface area contributed by atoms with Crippen molar-refractivity contribution in [2.45, 2.75) is 13.0 Å². The molecule has 0 aliphatic carbocycles. The third-order valence-electron chi connectivity index (χ3n) is 2.44. The zero-order valence-electron chi connectivity index (χ0n) is 7.74. The molecule has 1 aromatic heterocycles. The highest BCUT2D eigenvalue weighted by Gasteiger charge is 2.28. The van der Waals surface area contributed by atoms with Crippen LogP contribution in [-0.4, -0.2) is 32.9 Å². The van der Waals surface area contributed by atoms with Crippen LogP contribution in [0.15, 0.2) is 12.4 Å². The number of aromatic amines is 1. The predicted octanol–water partition coefficient (Wildman–Crippen LogP) is 1.15. The number of halogens is 1. The van der Waals surface area contributed by atoms with E-state index in [1.165, 1.54) is 0 Å². The summed E-state index contributed by atoms with van der Waals surface area (Å²) in [5.41, 5.74) is 1.06. The lowest BCUT2D eigenvalue weighted by atomic mass is 10.2. The second kappa shape index (κ2) is 4.13. The van der Waals surface area contributed by atoms with E-state index in [0.717, 1.165) is 17.4 Å². The average Bonchev–Trinajstić information content (AvgIpc) is 2.78. The normalized spacial score (nSPS) is 21.9. The van der Waals surface area contributed by atoms with E-state index in [2.05, 4.69) is 26.1 Å². The molecule has 1 unspecified atom stereocenters. The van der Waals surface area contributed by atoms with Crippen molar-refractivity contribution < 1.29 is 4.79 Å². The van der Waals surface area contributed by atoms with Crippen LogP contribution in [0.2, 0.25) is 0 Å².